The lowest BCUT2D eigenvalue weighted by Gasteiger charge is -2.22. The van der Waals surface area contributed by atoms with Crippen molar-refractivity contribution < 1.29 is 19.4 Å². The Kier molecular flexibility index (Phi) is 3.77. The van der Waals surface area contributed by atoms with E-state index in [4.69, 9.17) is 16.3 Å². The zero-order valence-corrected chi connectivity index (χ0v) is 14.4. The fourth-order valence-corrected chi connectivity index (χ4v) is 3.52. The Bertz CT molecular complexity index is 1030. The van der Waals surface area contributed by atoms with Gasteiger partial charge in [-0.05, 0) is 23.3 Å². The van der Waals surface area contributed by atoms with Gasteiger partial charge in [-0.2, -0.15) is 0 Å². The Labute approximate surface area is 154 Å². The molecule has 0 amide bonds. The van der Waals surface area contributed by atoms with Gasteiger partial charge in [0.2, 0.25) is 0 Å². The molecule has 130 valence electrons. The molecule has 0 unspecified atom stereocenters. The first-order valence-electron chi connectivity index (χ1n) is 7.80. The maximum Gasteiger partial charge on any atom is 0.356 e. The Morgan fingerprint density at radius 1 is 1.31 bits per heavy atom. The molecule has 26 heavy (non-hydrogen) atoms. The molecule has 6 nitrogen and oxygen atoms in total. The van der Waals surface area contributed by atoms with Crippen molar-refractivity contribution in [3.05, 3.63) is 69.6 Å². The largest absolute Gasteiger partial charge is 0.476 e. The zero-order chi connectivity index (χ0) is 18.4. The number of ether oxygens (including phenoxy) is 1. The minimum Gasteiger partial charge on any atom is -0.476 e. The highest BCUT2D eigenvalue weighted by molar-refractivity contribution is 6.31. The fourth-order valence-electron chi connectivity index (χ4n) is 3.36. The Hall–Kier alpha value is -3.12. The highest BCUT2D eigenvalue weighted by atomic mass is 35.5. The Morgan fingerprint density at radius 2 is 2.08 bits per heavy atom. The van der Waals surface area contributed by atoms with Crippen molar-refractivity contribution in [3.8, 4) is 0 Å². The smallest absolute Gasteiger partial charge is 0.356 e. The number of esters is 1. The lowest BCUT2D eigenvalue weighted by molar-refractivity contribution is -0.135. The predicted molar refractivity (Wildman–Crippen MR) is 96.9 cm³/mol. The summed E-state index contributed by atoms with van der Waals surface area (Å²) in [5, 5.41) is 9.81. The van der Waals surface area contributed by atoms with Crippen molar-refractivity contribution in [3.63, 3.8) is 0 Å². The van der Waals surface area contributed by atoms with E-state index < -0.39 is 11.9 Å². The topological polar surface area (TPSA) is 79.7 Å². The molecule has 0 radical (unpaired) electrons. The predicted octanol–water partition coefficient (Wildman–Crippen LogP) is 3.23. The molecular weight excluding hydrogens is 356 g/mol. The van der Waals surface area contributed by atoms with Crippen LogP contribution in [0.2, 0.25) is 5.02 Å². The van der Waals surface area contributed by atoms with Crippen LogP contribution in [0.4, 0.5) is 5.69 Å². The van der Waals surface area contributed by atoms with Crippen LogP contribution in [-0.4, -0.2) is 35.7 Å². The molecule has 0 bridgehead atoms. The first-order chi connectivity index (χ1) is 12.5. The van der Waals surface area contributed by atoms with Crippen molar-refractivity contribution in [2.24, 2.45) is 0 Å². The number of rotatable bonds is 3. The van der Waals surface area contributed by atoms with Gasteiger partial charge >= 0.3 is 11.9 Å². The number of allylic oxidation sites excluding steroid dienone is 1. The molecule has 2 aromatic rings. The second-order valence-corrected chi connectivity index (χ2v) is 6.31. The lowest BCUT2D eigenvalue weighted by Crippen LogP contribution is -2.23. The number of halogens is 1. The van der Waals surface area contributed by atoms with Gasteiger partial charge in [-0.15, -0.1) is 0 Å². The van der Waals surface area contributed by atoms with Gasteiger partial charge in [0.15, 0.2) is 5.69 Å². The van der Waals surface area contributed by atoms with Crippen molar-refractivity contribution in [1.29, 1.82) is 0 Å². The molecule has 2 aliphatic rings. The zero-order valence-electron chi connectivity index (χ0n) is 13.7. The molecule has 1 N–H and O–H groups in total. The van der Waals surface area contributed by atoms with Crippen LogP contribution >= 0.6 is 11.6 Å². The molecule has 4 rings (SSSR count). The monoisotopic (exact) mass is 368 g/mol. The summed E-state index contributed by atoms with van der Waals surface area (Å²) in [6.45, 7) is 0.185. The van der Waals surface area contributed by atoms with E-state index in [1.165, 1.54) is 13.3 Å². The number of aromatic nitrogens is 1. The first-order valence-corrected chi connectivity index (χ1v) is 8.18. The third kappa shape index (κ3) is 2.38. The maximum atomic E-state index is 12.3. The van der Waals surface area contributed by atoms with E-state index in [-0.39, 0.29) is 12.2 Å². The highest BCUT2D eigenvalue weighted by Gasteiger charge is 2.38. The molecule has 1 aromatic heterocycles. The SMILES string of the molecule is COC(=O)C1=C2C(=Cc3ccccc32)N(c2cc(Cl)cnc2C(=O)O)C1. The molecular formula is C19H13ClN2O4. The Balaban J connectivity index is 1.91. The van der Waals surface area contributed by atoms with Gasteiger partial charge in [-0.1, -0.05) is 35.9 Å². The summed E-state index contributed by atoms with van der Waals surface area (Å²) < 4.78 is 4.93. The number of carboxylic acid groups (broad SMARTS) is 1. The number of benzene rings is 1. The molecule has 1 aliphatic heterocycles. The molecule has 0 spiro atoms. The van der Waals surface area contributed by atoms with E-state index in [1.54, 1.807) is 11.0 Å². The number of carboxylic acids is 1. The summed E-state index contributed by atoms with van der Waals surface area (Å²) >= 11 is 6.05. The number of nitrogens with zero attached hydrogens (tertiary/aromatic N) is 2. The van der Waals surface area contributed by atoms with Crippen LogP contribution in [0.3, 0.4) is 0 Å². The van der Waals surface area contributed by atoms with Crippen molar-refractivity contribution in [2.75, 3.05) is 18.6 Å². The molecule has 0 saturated heterocycles. The number of methoxy groups -OCH3 is 1. The van der Waals surface area contributed by atoms with Crippen molar-refractivity contribution >= 4 is 40.9 Å². The fraction of sp³-hybridized carbons (Fsp3) is 0.105. The third-order valence-electron chi connectivity index (χ3n) is 4.45. The second kappa shape index (κ2) is 6.00. The number of hydrogen-bond acceptors (Lipinski definition) is 5. The Morgan fingerprint density at radius 3 is 2.81 bits per heavy atom. The minimum absolute atomic E-state index is 0.128. The van der Waals surface area contributed by atoms with Gasteiger partial charge in [0.25, 0.3) is 0 Å². The van der Waals surface area contributed by atoms with E-state index >= 15 is 0 Å². The van der Waals surface area contributed by atoms with E-state index in [0.717, 1.165) is 22.4 Å². The number of hydrogen-bond donors (Lipinski definition) is 1. The summed E-state index contributed by atoms with van der Waals surface area (Å²) in [6.07, 6.45) is 3.21. The number of pyridine rings is 1. The molecule has 1 aromatic carbocycles. The standard InChI is InChI=1S/C19H13ClN2O4/c1-26-19(25)13-9-22(15-7-11(20)8-21-17(15)18(23)24)14-6-10-4-2-3-5-12(10)16(13)14/h2-8H,9H2,1H3,(H,23,24). The van der Waals surface area contributed by atoms with Crippen LogP contribution in [0, 0.1) is 0 Å². The number of carbonyl (C=O) groups is 2. The number of aromatic carboxylic acids is 1. The summed E-state index contributed by atoms with van der Waals surface area (Å²) in [5.74, 6) is -1.61. The van der Waals surface area contributed by atoms with Gasteiger partial charge in [-0.3, -0.25) is 0 Å². The third-order valence-corrected chi connectivity index (χ3v) is 4.65. The van der Waals surface area contributed by atoms with Crippen LogP contribution in [0.15, 0.2) is 47.8 Å². The molecule has 0 atom stereocenters. The van der Waals surface area contributed by atoms with Gasteiger partial charge in [0.05, 0.1) is 35.6 Å². The number of carbonyl (C=O) groups excluding carboxylic acids is 1. The van der Waals surface area contributed by atoms with Gasteiger partial charge in [0.1, 0.15) is 0 Å². The second-order valence-electron chi connectivity index (χ2n) is 5.87. The van der Waals surface area contributed by atoms with Gasteiger partial charge in [-0.25, -0.2) is 14.6 Å². The molecule has 1 aliphatic carbocycles. The van der Waals surface area contributed by atoms with Crippen LogP contribution in [0.25, 0.3) is 11.6 Å². The molecule has 0 saturated carbocycles. The van der Waals surface area contributed by atoms with Crippen LogP contribution < -0.4 is 4.90 Å². The van der Waals surface area contributed by atoms with E-state index in [1.807, 2.05) is 30.3 Å². The average molecular weight is 369 g/mol. The van der Waals surface area contributed by atoms with Crippen LogP contribution in [0.5, 0.6) is 0 Å². The van der Waals surface area contributed by atoms with Crippen LogP contribution in [0.1, 0.15) is 21.6 Å². The summed E-state index contributed by atoms with van der Waals surface area (Å²) in [4.78, 5) is 29.6. The summed E-state index contributed by atoms with van der Waals surface area (Å²) in [6, 6.07) is 9.21. The quantitative estimate of drug-likeness (QED) is 0.838. The van der Waals surface area contributed by atoms with Crippen molar-refractivity contribution in [1.82, 2.24) is 4.98 Å². The lowest BCUT2D eigenvalue weighted by atomic mass is 10.0. The molecule has 7 heteroatoms. The first kappa shape index (κ1) is 16.4. The van der Waals surface area contributed by atoms with E-state index in [0.29, 0.717) is 16.3 Å². The maximum absolute atomic E-state index is 12.3. The summed E-state index contributed by atoms with van der Waals surface area (Å²) in [5.41, 5.74) is 4.03. The summed E-state index contributed by atoms with van der Waals surface area (Å²) in [7, 11) is 1.33. The molecule has 0 fully saturated rings. The van der Waals surface area contributed by atoms with Gasteiger partial charge in [0, 0.05) is 11.8 Å². The normalized spacial score (nSPS) is 14.8. The van der Waals surface area contributed by atoms with Crippen LogP contribution in [-0.2, 0) is 9.53 Å². The van der Waals surface area contributed by atoms with E-state index in [9.17, 15) is 14.7 Å². The average Bonchev–Trinajstić information content (AvgIpc) is 3.18. The number of fused-ring (bicyclic) bond motifs is 3. The molecule has 2 heterocycles. The minimum atomic E-state index is -1.17. The van der Waals surface area contributed by atoms with Crippen molar-refractivity contribution in [2.45, 2.75) is 0 Å². The number of anilines is 1. The van der Waals surface area contributed by atoms with Gasteiger partial charge < -0.3 is 14.7 Å². The highest BCUT2D eigenvalue weighted by Crippen LogP contribution is 2.46. The van der Waals surface area contributed by atoms with E-state index in [2.05, 4.69) is 4.98 Å².